The van der Waals surface area contributed by atoms with Crippen LogP contribution in [0.15, 0.2) is 24.3 Å². The number of carbonyl (C=O) groups is 2. The largest absolute Gasteiger partial charge is 0.497 e. The zero-order valence-electron chi connectivity index (χ0n) is 12.1. The van der Waals surface area contributed by atoms with Crippen molar-refractivity contribution < 1.29 is 24.2 Å². The van der Waals surface area contributed by atoms with Crippen molar-refractivity contribution in [2.24, 2.45) is 0 Å². The third-order valence-electron chi connectivity index (χ3n) is 3.50. The van der Waals surface area contributed by atoms with E-state index in [1.54, 1.807) is 19.1 Å². The van der Waals surface area contributed by atoms with E-state index in [0.29, 0.717) is 19.4 Å². The fourth-order valence-electron chi connectivity index (χ4n) is 2.37. The number of methoxy groups -OCH3 is 1. The van der Waals surface area contributed by atoms with Gasteiger partial charge in [0.05, 0.1) is 7.11 Å². The molecule has 0 unspecified atom stereocenters. The summed E-state index contributed by atoms with van der Waals surface area (Å²) in [6, 6.07) is 7.46. The Morgan fingerprint density at radius 3 is 2.71 bits per heavy atom. The van der Waals surface area contributed by atoms with Gasteiger partial charge < -0.3 is 19.5 Å². The van der Waals surface area contributed by atoms with Crippen LogP contribution in [0, 0.1) is 0 Å². The van der Waals surface area contributed by atoms with Gasteiger partial charge in [-0.1, -0.05) is 12.1 Å². The van der Waals surface area contributed by atoms with Crippen LogP contribution in [0.25, 0.3) is 0 Å². The van der Waals surface area contributed by atoms with E-state index in [1.807, 2.05) is 24.3 Å². The number of hydrogen-bond donors (Lipinski definition) is 1. The number of carbonyl (C=O) groups excluding carboxylic acids is 1. The second-order valence-corrected chi connectivity index (χ2v) is 5.07. The molecule has 21 heavy (non-hydrogen) atoms. The van der Waals surface area contributed by atoms with E-state index in [9.17, 15) is 9.59 Å². The predicted octanol–water partition coefficient (Wildman–Crippen LogP) is 1.29. The minimum Gasteiger partial charge on any atom is -0.497 e. The monoisotopic (exact) mass is 293 g/mol. The zero-order valence-corrected chi connectivity index (χ0v) is 12.1. The first-order chi connectivity index (χ1) is 10.0. The average molecular weight is 293 g/mol. The quantitative estimate of drug-likeness (QED) is 0.885. The smallest absolute Gasteiger partial charge is 0.332 e. The molecule has 1 saturated heterocycles. The van der Waals surface area contributed by atoms with E-state index in [4.69, 9.17) is 14.6 Å². The molecule has 0 aromatic heterocycles. The molecule has 1 aromatic rings. The lowest BCUT2D eigenvalue weighted by Gasteiger charge is -2.21. The van der Waals surface area contributed by atoms with Crippen molar-refractivity contribution in [3.8, 4) is 5.75 Å². The number of nitrogens with zero attached hydrogens (tertiary/aromatic N) is 1. The van der Waals surface area contributed by atoms with Crippen molar-refractivity contribution in [1.29, 1.82) is 0 Å². The molecule has 6 heteroatoms. The summed E-state index contributed by atoms with van der Waals surface area (Å²) in [5.41, 5.74) is 0.943. The summed E-state index contributed by atoms with van der Waals surface area (Å²) in [4.78, 5) is 24.6. The molecule has 0 spiro atoms. The first-order valence-corrected chi connectivity index (χ1v) is 6.77. The molecule has 6 nitrogen and oxygen atoms in total. The SMILES string of the molecule is COc1cccc(CN(C)C(=O)[C@@H]2CC[C@H](C(=O)O)O2)c1. The molecule has 1 amide bonds. The van der Waals surface area contributed by atoms with Crippen LogP contribution in [0.4, 0.5) is 0 Å². The highest BCUT2D eigenvalue weighted by atomic mass is 16.5. The molecule has 0 bridgehead atoms. The predicted molar refractivity (Wildman–Crippen MR) is 75.0 cm³/mol. The van der Waals surface area contributed by atoms with Gasteiger partial charge in [0, 0.05) is 13.6 Å². The Morgan fingerprint density at radius 1 is 1.38 bits per heavy atom. The van der Waals surface area contributed by atoms with Gasteiger partial charge in [0.1, 0.15) is 11.9 Å². The summed E-state index contributed by atoms with van der Waals surface area (Å²) in [6.45, 7) is 0.424. The van der Waals surface area contributed by atoms with Gasteiger partial charge in [0.2, 0.25) is 0 Å². The van der Waals surface area contributed by atoms with Crippen LogP contribution in [0.1, 0.15) is 18.4 Å². The molecule has 0 saturated carbocycles. The molecule has 1 aliphatic heterocycles. The number of benzene rings is 1. The molecular formula is C15H19NO5. The molecule has 1 N–H and O–H groups in total. The number of hydrogen-bond acceptors (Lipinski definition) is 4. The number of rotatable bonds is 5. The molecule has 1 heterocycles. The Hall–Kier alpha value is -2.08. The second kappa shape index (κ2) is 6.58. The Balaban J connectivity index is 1.95. The van der Waals surface area contributed by atoms with Crippen molar-refractivity contribution in [2.45, 2.75) is 31.6 Å². The molecule has 1 aliphatic rings. The molecule has 2 atom stereocenters. The summed E-state index contributed by atoms with van der Waals surface area (Å²) in [5.74, 6) is -0.473. The molecule has 0 radical (unpaired) electrons. The summed E-state index contributed by atoms with van der Waals surface area (Å²) < 4.78 is 10.4. The lowest BCUT2D eigenvalue weighted by atomic mass is 10.1. The van der Waals surface area contributed by atoms with Gasteiger partial charge >= 0.3 is 5.97 Å². The first-order valence-electron chi connectivity index (χ1n) is 6.77. The summed E-state index contributed by atoms with van der Waals surface area (Å²) in [7, 11) is 3.27. The topological polar surface area (TPSA) is 76.1 Å². The van der Waals surface area contributed by atoms with Gasteiger partial charge in [0.15, 0.2) is 6.10 Å². The Kier molecular flexibility index (Phi) is 4.80. The third kappa shape index (κ3) is 3.72. The van der Waals surface area contributed by atoms with Crippen molar-refractivity contribution in [3.63, 3.8) is 0 Å². The molecule has 114 valence electrons. The van der Waals surface area contributed by atoms with Crippen LogP contribution in [0.2, 0.25) is 0 Å². The molecule has 1 fully saturated rings. The standard InChI is InChI=1S/C15H19NO5/c1-16(9-10-4-3-5-11(8-10)20-2)14(17)12-6-7-13(21-12)15(18)19/h3-5,8,12-13H,6-7,9H2,1-2H3,(H,18,19)/t12-,13+/m0/s1. The van der Waals surface area contributed by atoms with Crippen LogP contribution in [-0.4, -0.2) is 48.2 Å². The van der Waals surface area contributed by atoms with Crippen LogP contribution < -0.4 is 4.74 Å². The van der Waals surface area contributed by atoms with Crippen molar-refractivity contribution >= 4 is 11.9 Å². The number of carboxylic acid groups (broad SMARTS) is 1. The van der Waals surface area contributed by atoms with Crippen LogP contribution in [0.3, 0.4) is 0 Å². The van der Waals surface area contributed by atoms with E-state index in [1.165, 1.54) is 0 Å². The van der Waals surface area contributed by atoms with Gasteiger partial charge in [-0.05, 0) is 30.5 Å². The highest BCUT2D eigenvalue weighted by Crippen LogP contribution is 2.22. The normalized spacial score (nSPS) is 21.0. The molecular weight excluding hydrogens is 274 g/mol. The van der Waals surface area contributed by atoms with Crippen LogP contribution in [-0.2, 0) is 20.9 Å². The van der Waals surface area contributed by atoms with E-state index in [-0.39, 0.29) is 5.91 Å². The van der Waals surface area contributed by atoms with Crippen molar-refractivity contribution in [1.82, 2.24) is 4.90 Å². The Bertz CT molecular complexity index is 531. The van der Waals surface area contributed by atoms with Crippen LogP contribution in [0.5, 0.6) is 5.75 Å². The zero-order chi connectivity index (χ0) is 15.4. The van der Waals surface area contributed by atoms with Gasteiger partial charge in [-0.3, -0.25) is 4.79 Å². The number of likely N-dealkylation sites (N-methyl/N-ethyl adjacent to an activating group) is 1. The fourth-order valence-corrected chi connectivity index (χ4v) is 2.37. The third-order valence-corrected chi connectivity index (χ3v) is 3.50. The maximum absolute atomic E-state index is 12.2. The molecule has 1 aromatic carbocycles. The molecule has 2 rings (SSSR count). The van der Waals surface area contributed by atoms with Crippen molar-refractivity contribution in [2.75, 3.05) is 14.2 Å². The van der Waals surface area contributed by atoms with E-state index in [0.717, 1.165) is 11.3 Å². The van der Waals surface area contributed by atoms with Gasteiger partial charge in [-0.15, -0.1) is 0 Å². The minimum absolute atomic E-state index is 0.193. The lowest BCUT2D eigenvalue weighted by Crippen LogP contribution is -2.36. The van der Waals surface area contributed by atoms with E-state index >= 15 is 0 Å². The van der Waals surface area contributed by atoms with E-state index < -0.39 is 18.2 Å². The number of aliphatic carboxylic acids is 1. The van der Waals surface area contributed by atoms with Gasteiger partial charge in [0.25, 0.3) is 5.91 Å². The first kappa shape index (κ1) is 15.3. The maximum Gasteiger partial charge on any atom is 0.332 e. The highest BCUT2D eigenvalue weighted by Gasteiger charge is 2.35. The van der Waals surface area contributed by atoms with Crippen LogP contribution >= 0.6 is 0 Å². The number of carboxylic acids is 1. The minimum atomic E-state index is -1.01. The summed E-state index contributed by atoms with van der Waals surface area (Å²) >= 11 is 0. The number of ether oxygens (including phenoxy) is 2. The average Bonchev–Trinajstić information content (AvgIpc) is 2.96. The Morgan fingerprint density at radius 2 is 2.10 bits per heavy atom. The number of amides is 1. The van der Waals surface area contributed by atoms with Gasteiger partial charge in [-0.25, -0.2) is 4.79 Å². The molecule has 0 aliphatic carbocycles. The Labute approximate surface area is 123 Å². The summed E-state index contributed by atoms with van der Waals surface area (Å²) in [5, 5.41) is 8.88. The van der Waals surface area contributed by atoms with Crippen molar-refractivity contribution in [3.05, 3.63) is 29.8 Å². The maximum atomic E-state index is 12.2. The fraction of sp³-hybridized carbons (Fsp3) is 0.467. The highest BCUT2D eigenvalue weighted by molar-refractivity contribution is 5.82. The second-order valence-electron chi connectivity index (χ2n) is 5.07. The van der Waals surface area contributed by atoms with Gasteiger partial charge in [-0.2, -0.15) is 0 Å². The van der Waals surface area contributed by atoms with E-state index in [2.05, 4.69) is 0 Å². The lowest BCUT2D eigenvalue weighted by molar-refractivity contribution is -0.154. The summed E-state index contributed by atoms with van der Waals surface area (Å²) in [6.07, 6.45) is -0.720.